The van der Waals surface area contributed by atoms with Gasteiger partial charge in [0.1, 0.15) is 11.9 Å². The highest BCUT2D eigenvalue weighted by atomic mass is 19.2. The predicted octanol–water partition coefficient (Wildman–Crippen LogP) is 1.54. The summed E-state index contributed by atoms with van der Waals surface area (Å²) in [6.07, 6.45) is -0.320. The minimum Gasteiger partial charge on any atom is -0.465 e. The monoisotopic (exact) mass is 247 g/mol. The number of carbonyl (C=O) groups is 1. The Morgan fingerprint density at radius 1 is 1.41 bits per heavy atom. The molecule has 0 amide bonds. The molecule has 0 aliphatic rings. The second kappa shape index (κ2) is 5.67. The van der Waals surface area contributed by atoms with E-state index in [0.29, 0.717) is 6.07 Å². The highest BCUT2D eigenvalue weighted by Gasteiger charge is 2.19. The molecule has 0 saturated heterocycles. The molecule has 1 unspecified atom stereocenters. The largest absolute Gasteiger partial charge is 0.465 e. The van der Waals surface area contributed by atoms with Crippen LogP contribution in [0.3, 0.4) is 0 Å². The summed E-state index contributed by atoms with van der Waals surface area (Å²) in [6, 6.07) is 0.0808. The lowest BCUT2D eigenvalue weighted by atomic mass is 10.1. The molecule has 0 heterocycles. The molecule has 0 radical (unpaired) electrons. The van der Waals surface area contributed by atoms with Crippen LogP contribution in [0.4, 0.5) is 13.2 Å². The maximum absolute atomic E-state index is 13.2. The fraction of sp³-hybridized carbons (Fsp3) is 0.364. The van der Waals surface area contributed by atoms with Crippen molar-refractivity contribution in [2.45, 2.75) is 19.4 Å². The number of hydrogen-bond donors (Lipinski definition) is 1. The van der Waals surface area contributed by atoms with Gasteiger partial charge >= 0.3 is 5.97 Å². The van der Waals surface area contributed by atoms with E-state index in [1.54, 1.807) is 6.92 Å². The van der Waals surface area contributed by atoms with Crippen molar-refractivity contribution < 1.29 is 22.7 Å². The third-order valence-electron chi connectivity index (χ3n) is 2.10. The van der Waals surface area contributed by atoms with Crippen LogP contribution in [0.1, 0.15) is 12.5 Å². The predicted molar refractivity (Wildman–Crippen MR) is 54.6 cm³/mol. The van der Waals surface area contributed by atoms with E-state index in [1.807, 2.05) is 0 Å². The highest BCUT2D eigenvalue weighted by molar-refractivity contribution is 5.75. The normalized spacial score (nSPS) is 12.3. The number of carbonyl (C=O) groups excluding carboxylic acids is 1. The lowest BCUT2D eigenvalue weighted by Gasteiger charge is -2.11. The van der Waals surface area contributed by atoms with Gasteiger partial charge in [-0.1, -0.05) is 0 Å². The number of halogens is 3. The summed E-state index contributed by atoms with van der Waals surface area (Å²) in [4.78, 5) is 11.2. The van der Waals surface area contributed by atoms with Crippen molar-refractivity contribution in [2.24, 2.45) is 5.73 Å². The summed E-state index contributed by atoms with van der Waals surface area (Å²) in [5, 5.41) is 0. The lowest BCUT2D eigenvalue weighted by Crippen LogP contribution is -2.34. The summed E-state index contributed by atoms with van der Waals surface area (Å²) in [5.74, 6) is -4.17. The first kappa shape index (κ1) is 13.5. The molecule has 0 aromatic heterocycles. The van der Waals surface area contributed by atoms with Crippen LogP contribution >= 0.6 is 0 Å². The Bertz CT molecular complexity index is 423. The minimum absolute atomic E-state index is 0.131. The van der Waals surface area contributed by atoms with Gasteiger partial charge in [0.15, 0.2) is 11.6 Å². The van der Waals surface area contributed by atoms with E-state index in [2.05, 4.69) is 4.74 Å². The first-order valence-corrected chi connectivity index (χ1v) is 5.01. The van der Waals surface area contributed by atoms with Crippen LogP contribution in [-0.4, -0.2) is 18.6 Å². The molecule has 1 rings (SSSR count). The van der Waals surface area contributed by atoms with Crippen LogP contribution in [0.15, 0.2) is 12.1 Å². The summed E-state index contributed by atoms with van der Waals surface area (Å²) in [6.45, 7) is 1.72. The first-order chi connectivity index (χ1) is 7.95. The maximum atomic E-state index is 13.2. The Morgan fingerprint density at radius 3 is 2.65 bits per heavy atom. The minimum atomic E-state index is -1.31. The molecule has 17 heavy (non-hydrogen) atoms. The second-order valence-electron chi connectivity index (χ2n) is 3.42. The van der Waals surface area contributed by atoms with Gasteiger partial charge in [-0.15, -0.1) is 0 Å². The Morgan fingerprint density at radius 2 is 2.06 bits per heavy atom. The van der Waals surface area contributed by atoms with E-state index in [1.165, 1.54) is 0 Å². The zero-order chi connectivity index (χ0) is 13.0. The molecule has 6 heteroatoms. The van der Waals surface area contributed by atoms with Crippen LogP contribution in [0.2, 0.25) is 0 Å². The van der Waals surface area contributed by atoms with Crippen LogP contribution in [0.25, 0.3) is 0 Å². The Balaban J connectivity index is 2.84. The van der Waals surface area contributed by atoms with E-state index in [-0.39, 0.29) is 18.6 Å². The second-order valence-corrected chi connectivity index (χ2v) is 3.42. The highest BCUT2D eigenvalue weighted by Crippen LogP contribution is 2.15. The van der Waals surface area contributed by atoms with Gasteiger partial charge in [-0.05, 0) is 18.6 Å². The number of benzene rings is 1. The zero-order valence-corrected chi connectivity index (χ0v) is 9.17. The van der Waals surface area contributed by atoms with Crippen molar-refractivity contribution in [3.8, 4) is 0 Å². The summed E-state index contributed by atoms with van der Waals surface area (Å²) < 4.78 is 43.6. The van der Waals surface area contributed by atoms with Crippen molar-refractivity contribution in [3.63, 3.8) is 0 Å². The van der Waals surface area contributed by atoms with Gasteiger partial charge in [0.2, 0.25) is 0 Å². The Labute approximate surface area is 96.4 Å². The van der Waals surface area contributed by atoms with Crippen molar-refractivity contribution >= 4 is 5.97 Å². The molecular formula is C11H12F3NO2. The quantitative estimate of drug-likeness (QED) is 0.648. The fourth-order valence-electron chi connectivity index (χ4n) is 1.33. The average molecular weight is 247 g/mol. The van der Waals surface area contributed by atoms with Gasteiger partial charge in [-0.25, -0.2) is 13.2 Å². The molecule has 1 aromatic carbocycles. The van der Waals surface area contributed by atoms with E-state index < -0.39 is 29.5 Å². The van der Waals surface area contributed by atoms with Crippen molar-refractivity contribution in [2.75, 3.05) is 6.61 Å². The molecule has 3 nitrogen and oxygen atoms in total. The fourth-order valence-corrected chi connectivity index (χ4v) is 1.33. The molecule has 0 fully saturated rings. The van der Waals surface area contributed by atoms with Crippen molar-refractivity contribution in [1.29, 1.82) is 0 Å². The van der Waals surface area contributed by atoms with Gasteiger partial charge < -0.3 is 10.5 Å². The van der Waals surface area contributed by atoms with Gasteiger partial charge in [0, 0.05) is 12.5 Å². The number of rotatable bonds is 4. The van der Waals surface area contributed by atoms with Crippen LogP contribution in [-0.2, 0) is 16.0 Å². The van der Waals surface area contributed by atoms with Gasteiger partial charge in [-0.3, -0.25) is 4.79 Å². The van der Waals surface area contributed by atoms with Crippen molar-refractivity contribution in [1.82, 2.24) is 0 Å². The Hall–Kier alpha value is -1.56. The molecule has 0 spiro atoms. The molecule has 0 aliphatic carbocycles. The third kappa shape index (κ3) is 3.45. The molecule has 0 saturated carbocycles. The number of nitrogens with two attached hydrogens (primary N) is 1. The van der Waals surface area contributed by atoms with Gasteiger partial charge in [0.25, 0.3) is 0 Å². The molecule has 0 aliphatic heterocycles. The Kier molecular flexibility index (Phi) is 4.51. The maximum Gasteiger partial charge on any atom is 0.323 e. The smallest absolute Gasteiger partial charge is 0.323 e. The van der Waals surface area contributed by atoms with E-state index >= 15 is 0 Å². The van der Waals surface area contributed by atoms with Crippen molar-refractivity contribution in [3.05, 3.63) is 35.1 Å². The number of hydrogen-bond acceptors (Lipinski definition) is 3. The topological polar surface area (TPSA) is 52.3 Å². The first-order valence-electron chi connectivity index (χ1n) is 5.01. The SMILES string of the molecule is CCOC(=O)C(N)Cc1cc(F)cc(F)c1F. The van der Waals surface area contributed by atoms with E-state index in [9.17, 15) is 18.0 Å². The van der Waals surface area contributed by atoms with E-state index in [0.717, 1.165) is 6.07 Å². The average Bonchev–Trinajstić information content (AvgIpc) is 2.25. The lowest BCUT2D eigenvalue weighted by molar-refractivity contribution is -0.144. The number of ether oxygens (including phenoxy) is 1. The summed E-state index contributed by atoms with van der Waals surface area (Å²) >= 11 is 0. The third-order valence-corrected chi connectivity index (χ3v) is 2.10. The molecule has 94 valence electrons. The molecule has 0 bridgehead atoms. The molecular weight excluding hydrogens is 235 g/mol. The molecule has 1 aromatic rings. The van der Waals surface area contributed by atoms with Crippen LogP contribution in [0, 0.1) is 17.5 Å². The van der Waals surface area contributed by atoms with Gasteiger partial charge in [0.05, 0.1) is 6.61 Å². The summed E-state index contributed by atoms with van der Waals surface area (Å²) in [5.41, 5.74) is 5.13. The summed E-state index contributed by atoms with van der Waals surface area (Å²) in [7, 11) is 0. The van der Waals surface area contributed by atoms with Crippen LogP contribution in [0.5, 0.6) is 0 Å². The van der Waals surface area contributed by atoms with E-state index in [4.69, 9.17) is 5.73 Å². The molecule has 1 atom stereocenters. The number of esters is 1. The van der Waals surface area contributed by atoms with Gasteiger partial charge in [-0.2, -0.15) is 0 Å². The standard InChI is InChI=1S/C11H12F3NO2/c1-2-17-11(16)9(15)4-6-3-7(12)5-8(13)10(6)14/h3,5,9H,2,4,15H2,1H3. The zero-order valence-electron chi connectivity index (χ0n) is 9.17. The molecule has 2 N–H and O–H groups in total. The van der Waals surface area contributed by atoms with Crippen LogP contribution < -0.4 is 5.73 Å².